The van der Waals surface area contributed by atoms with Crippen molar-refractivity contribution in [3.63, 3.8) is 0 Å². The topological polar surface area (TPSA) is 92.1 Å². The van der Waals surface area contributed by atoms with Crippen LogP contribution in [0.1, 0.15) is 5.69 Å². The number of nitrogens with zero attached hydrogens (tertiary/aromatic N) is 7. The molecule has 0 aliphatic heterocycles. The average Bonchev–Trinajstić information content (AvgIpc) is 3.37. The number of aromatic nitrogens is 7. The lowest BCUT2D eigenvalue weighted by Crippen LogP contribution is -2.25. The molecular weight excluding hydrogens is 377 g/mol. The van der Waals surface area contributed by atoms with Crippen LogP contribution in [0.15, 0.2) is 60.2 Å². The van der Waals surface area contributed by atoms with Crippen LogP contribution in [0, 0.1) is 5.82 Å². The van der Waals surface area contributed by atoms with Gasteiger partial charge in [-0.25, -0.2) is 23.2 Å². The predicted octanol–water partition coefficient (Wildman–Crippen LogP) is 1.90. The highest BCUT2D eigenvalue weighted by atomic mass is 19.1. The summed E-state index contributed by atoms with van der Waals surface area (Å²) < 4.78 is 23.1. The Morgan fingerprint density at radius 2 is 1.86 bits per heavy atom. The number of fused-ring (bicyclic) bond motifs is 3. The van der Waals surface area contributed by atoms with E-state index in [9.17, 15) is 9.18 Å². The number of methoxy groups -OCH3 is 1. The van der Waals surface area contributed by atoms with E-state index in [1.807, 2.05) is 0 Å². The highest BCUT2D eigenvalue weighted by Crippen LogP contribution is 2.29. The van der Waals surface area contributed by atoms with E-state index < -0.39 is 0 Å². The van der Waals surface area contributed by atoms with Crippen LogP contribution in [-0.2, 0) is 11.3 Å². The van der Waals surface area contributed by atoms with Crippen molar-refractivity contribution in [2.45, 2.75) is 6.61 Å². The monoisotopic (exact) mass is 391 g/mol. The summed E-state index contributed by atoms with van der Waals surface area (Å²) >= 11 is 0. The molecule has 5 rings (SSSR count). The van der Waals surface area contributed by atoms with Crippen molar-refractivity contribution in [1.82, 2.24) is 34.1 Å². The summed E-state index contributed by atoms with van der Waals surface area (Å²) in [5.41, 5.74) is 2.99. The van der Waals surface area contributed by atoms with E-state index in [-0.39, 0.29) is 18.0 Å². The highest BCUT2D eigenvalue weighted by molar-refractivity contribution is 5.86. The maximum absolute atomic E-state index is 13.4. The number of halogens is 1. The lowest BCUT2D eigenvalue weighted by Gasteiger charge is -2.07. The van der Waals surface area contributed by atoms with E-state index in [1.165, 1.54) is 40.3 Å². The average molecular weight is 391 g/mol. The second-order valence-electron chi connectivity index (χ2n) is 6.36. The maximum atomic E-state index is 13.4. The fourth-order valence-electron chi connectivity index (χ4n) is 3.34. The number of pyridine rings is 1. The fraction of sp³-hybridized carbons (Fsp3) is 0.105. The molecule has 29 heavy (non-hydrogen) atoms. The Morgan fingerprint density at radius 1 is 1.10 bits per heavy atom. The molecule has 4 heterocycles. The Morgan fingerprint density at radius 3 is 2.59 bits per heavy atom. The first-order chi connectivity index (χ1) is 14.2. The van der Waals surface area contributed by atoms with Gasteiger partial charge in [0.05, 0.1) is 28.8 Å². The Kier molecular flexibility index (Phi) is 3.91. The van der Waals surface area contributed by atoms with Gasteiger partial charge in [0.25, 0.3) is 5.56 Å². The van der Waals surface area contributed by atoms with Crippen molar-refractivity contribution >= 4 is 16.6 Å². The third kappa shape index (κ3) is 2.69. The van der Waals surface area contributed by atoms with Gasteiger partial charge in [0.1, 0.15) is 18.5 Å². The molecule has 144 valence electrons. The molecule has 9 nitrogen and oxygen atoms in total. The smallest absolute Gasteiger partial charge is 0.280 e. The maximum Gasteiger partial charge on any atom is 0.280 e. The summed E-state index contributed by atoms with van der Waals surface area (Å²) in [5.74, 6) is -0.327. The molecule has 10 heteroatoms. The summed E-state index contributed by atoms with van der Waals surface area (Å²) in [5, 5.41) is 12.4. The molecule has 0 saturated heterocycles. The summed E-state index contributed by atoms with van der Waals surface area (Å²) in [6.45, 7) is 0.245. The molecule has 0 unspecified atom stereocenters. The number of benzene rings is 1. The third-order valence-electron chi connectivity index (χ3n) is 4.64. The highest BCUT2D eigenvalue weighted by Gasteiger charge is 2.19. The molecule has 0 amide bonds. The van der Waals surface area contributed by atoms with Crippen molar-refractivity contribution in [3.05, 3.63) is 77.2 Å². The Balaban J connectivity index is 1.80. The van der Waals surface area contributed by atoms with Crippen molar-refractivity contribution in [2.75, 3.05) is 7.11 Å². The summed E-state index contributed by atoms with van der Waals surface area (Å²) in [4.78, 5) is 17.4. The van der Waals surface area contributed by atoms with E-state index in [0.717, 1.165) is 11.1 Å². The van der Waals surface area contributed by atoms with Crippen LogP contribution in [0.3, 0.4) is 0 Å². The van der Waals surface area contributed by atoms with Gasteiger partial charge in [-0.1, -0.05) is 12.1 Å². The van der Waals surface area contributed by atoms with Gasteiger partial charge in [-0.05, 0) is 23.8 Å². The van der Waals surface area contributed by atoms with Gasteiger partial charge in [-0.2, -0.15) is 5.10 Å². The standard InChI is InChI=1S/C19H14FN7O2/c1-29-9-15-17(12-2-4-13(20)5-3-12)18-21-8-14-16(27(18)24-15)6-7-26(19(14)28)25-10-22-23-11-25/h2-8,10-11H,9H2,1H3. The Bertz CT molecular complexity index is 1390. The second kappa shape index (κ2) is 6.60. The van der Waals surface area contributed by atoms with E-state index >= 15 is 0 Å². The van der Waals surface area contributed by atoms with Gasteiger partial charge < -0.3 is 4.74 Å². The minimum atomic E-state index is -0.327. The minimum Gasteiger partial charge on any atom is -0.378 e. The third-order valence-corrected chi connectivity index (χ3v) is 4.64. The Labute approximate surface area is 162 Å². The van der Waals surface area contributed by atoms with Gasteiger partial charge in [0.15, 0.2) is 5.65 Å². The first-order valence-electron chi connectivity index (χ1n) is 8.69. The van der Waals surface area contributed by atoms with Crippen LogP contribution < -0.4 is 5.56 Å². The van der Waals surface area contributed by atoms with Crippen LogP contribution in [0.2, 0.25) is 0 Å². The fourth-order valence-corrected chi connectivity index (χ4v) is 3.34. The Hall–Kier alpha value is -3.92. The number of hydrogen-bond acceptors (Lipinski definition) is 6. The first kappa shape index (κ1) is 17.2. The molecule has 0 radical (unpaired) electrons. The molecule has 0 atom stereocenters. The van der Waals surface area contributed by atoms with Gasteiger partial charge in [0.2, 0.25) is 0 Å². The lowest BCUT2D eigenvalue weighted by molar-refractivity contribution is 0.181. The van der Waals surface area contributed by atoms with Crippen LogP contribution in [0.25, 0.3) is 27.7 Å². The van der Waals surface area contributed by atoms with Gasteiger partial charge in [0, 0.05) is 19.5 Å². The number of ether oxygens (including phenoxy) is 1. The van der Waals surface area contributed by atoms with Crippen LogP contribution in [0.5, 0.6) is 0 Å². The van der Waals surface area contributed by atoms with E-state index in [2.05, 4.69) is 20.3 Å². The largest absolute Gasteiger partial charge is 0.378 e. The SMILES string of the molecule is COCc1nn2c(ncc3c(=O)n(-n4cnnc4)ccc32)c1-c1ccc(F)cc1. The van der Waals surface area contributed by atoms with E-state index in [0.29, 0.717) is 22.2 Å². The molecule has 0 fully saturated rings. The molecule has 4 aromatic heterocycles. The summed E-state index contributed by atoms with van der Waals surface area (Å²) in [6.07, 6.45) is 5.98. The number of rotatable bonds is 4. The zero-order valence-corrected chi connectivity index (χ0v) is 15.2. The van der Waals surface area contributed by atoms with Gasteiger partial charge in [-0.15, -0.1) is 10.2 Å². The van der Waals surface area contributed by atoms with Crippen molar-refractivity contribution < 1.29 is 9.13 Å². The summed E-state index contributed by atoms with van der Waals surface area (Å²) in [6, 6.07) is 7.87. The van der Waals surface area contributed by atoms with Gasteiger partial charge in [-0.3, -0.25) is 4.79 Å². The zero-order valence-electron chi connectivity index (χ0n) is 15.2. The first-order valence-corrected chi connectivity index (χ1v) is 8.69. The van der Waals surface area contributed by atoms with Crippen molar-refractivity contribution in [2.24, 2.45) is 0 Å². The molecule has 0 saturated carbocycles. The zero-order chi connectivity index (χ0) is 20.0. The van der Waals surface area contributed by atoms with E-state index in [1.54, 1.807) is 36.0 Å². The van der Waals surface area contributed by atoms with Crippen LogP contribution in [-0.4, -0.2) is 41.3 Å². The summed E-state index contributed by atoms with van der Waals surface area (Å²) in [7, 11) is 1.57. The lowest BCUT2D eigenvalue weighted by atomic mass is 10.1. The number of hydrogen-bond donors (Lipinski definition) is 0. The second-order valence-corrected chi connectivity index (χ2v) is 6.36. The minimum absolute atomic E-state index is 0.245. The molecule has 0 aliphatic carbocycles. The molecule has 1 aromatic carbocycles. The van der Waals surface area contributed by atoms with Crippen LogP contribution >= 0.6 is 0 Å². The van der Waals surface area contributed by atoms with E-state index in [4.69, 9.17) is 4.74 Å². The molecule has 5 aromatic rings. The molecule has 0 aliphatic rings. The normalized spacial score (nSPS) is 11.5. The quantitative estimate of drug-likeness (QED) is 0.465. The van der Waals surface area contributed by atoms with Crippen molar-refractivity contribution in [3.8, 4) is 11.1 Å². The van der Waals surface area contributed by atoms with Crippen molar-refractivity contribution in [1.29, 1.82) is 0 Å². The molecular formula is C19H14FN7O2. The molecule has 0 spiro atoms. The molecule has 0 N–H and O–H groups in total. The molecule has 0 bridgehead atoms. The predicted molar refractivity (Wildman–Crippen MR) is 102 cm³/mol. The van der Waals surface area contributed by atoms with Gasteiger partial charge >= 0.3 is 0 Å². The van der Waals surface area contributed by atoms with Crippen LogP contribution in [0.4, 0.5) is 4.39 Å².